The highest BCUT2D eigenvalue weighted by molar-refractivity contribution is 8.15. The Morgan fingerprint density at radius 3 is 2.81 bits per heavy atom. The molecule has 1 aliphatic heterocycles. The van der Waals surface area contributed by atoms with Crippen LogP contribution in [0.2, 0.25) is 0 Å². The molecule has 21 heavy (non-hydrogen) atoms. The number of carbonyl (C=O) groups excluding carboxylic acids is 2. The molecule has 1 aromatic carbocycles. The molecule has 0 aliphatic carbocycles. The van der Waals surface area contributed by atoms with E-state index in [1.165, 1.54) is 23.1 Å². The van der Waals surface area contributed by atoms with Gasteiger partial charge in [-0.1, -0.05) is 36.0 Å². The summed E-state index contributed by atoms with van der Waals surface area (Å²) in [6.07, 6.45) is 0.527. The summed E-state index contributed by atoms with van der Waals surface area (Å²) in [5.74, 6) is -0.194. The highest BCUT2D eigenvalue weighted by Crippen LogP contribution is 2.24. The lowest BCUT2D eigenvalue weighted by atomic mass is 10.0. The average molecular weight is 316 g/mol. The Morgan fingerprint density at radius 2 is 2.14 bits per heavy atom. The van der Waals surface area contributed by atoms with Crippen molar-refractivity contribution in [2.75, 3.05) is 0 Å². The fourth-order valence-corrected chi connectivity index (χ4v) is 3.68. The van der Waals surface area contributed by atoms with E-state index in [9.17, 15) is 9.59 Å². The van der Waals surface area contributed by atoms with Gasteiger partial charge in [-0.3, -0.25) is 9.59 Å². The van der Waals surface area contributed by atoms with Gasteiger partial charge in [-0.25, -0.2) is 0 Å². The smallest absolute Gasteiger partial charge is 0.261 e. The lowest BCUT2D eigenvalue weighted by molar-refractivity contribution is -0.117. The number of thioether (sulfide) groups is 1. The van der Waals surface area contributed by atoms with Crippen LogP contribution in [0.15, 0.2) is 46.8 Å². The van der Waals surface area contributed by atoms with Crippen molar-refractivity contribution in [2.24, 2.45) is 10.7 Å². The Hall–Kier alpha value is -1.92. The molecule has 1 unspecified atom stereocenters. The molecule has 6 heteroatoms. The number of hydrogen-bond donors (Lipinski definition) is 1. The minimum absolute atomic E-state index is 0.00742. The maximum absolute atomic E-state index is 12.3. The summed E-state index contributed by atoms with van der Waals surface area (Å²) in [7, 11) is 0. The molecule has 1 amide bonds. The van der Waals surface area contributed by atoms with E-state index in [0.29, 0.717) is 22.0 Å². The fourth-order valence-electron chi connectivity index (χ4n) is 2.14. The number of hydrogen-bond acceptors (Lipinski definition) is 5. The normalized spacial score (nSPS) is 17.8. The van der Waals surface area contributed by atoms with Gasteiger partial charge in [0.25, 0.3) is 5.91 Å². The summed E-state index contributed by atoms with van der Waals surface area (Å²) in [5, 5.41) is 1.92. The van der Waals surface area contributed by atoms with E-state index >= 15 is 0 Å². The second-order valence-corrected chi connectivity index (χ2v) is 6.78. The second-order valence-electron chi connectivity index (χ2n) is 4.61. The molecule has 0 bridgehead atoms. The van der Waals surface area contributed by atoms with Gasteiger partial charge in [-0.2, -0.15) is 4.99 Å². The molecule has 1 aromatic heterocycles. The van der Waals surface area contributed by atoms with Crippen molar-refractivity contribution in [3.8, 4) is 0 Å². The van der Waals surface area contributed by atoms with Crippen molar-refractivity contribution in [1.82, 2.24) is 0 Å². The molecule has 2 aromatic rings. The highest BCUT2D eigenvalue weighted by Gasteiger charge is 2.27. The zero-order valence-corrected chi connectivity index (χ0v) is 12.6. The van der Waals surface area contributed by atoms with Crippen molar-refractivity contribution in [3.05, 3.63) is 57.8 Å². The van der Waals surface area contributed by atoms with Crippen LogP contribution in [-0.4, -0.2) is 22.1 Å². The Kier molecular flexibility index (Phi) is 3.90. The number of amides is 1. The Morgan fingerprint density at radius 1 is 1.29 bits per heavy atom. The topological polar surface area (TPSA) is 72.5 Å². The first kappa shape index (κ1) is 14.0. The first-order chi connectivity index (χ1) is 10.1. The van der Waals surface area contributed by atoms with Crippen LogP contribution in [-0.2, 0) is 11.2 Å². The number of benzene rings is 1. The predicted octanol–water partition coefficient (Wildman–Crippen LogP) is 2.48. The number of nitrogens with two attached hydrogens (primary N) is 1. The minimum Gasteiger partial charge on any atom is -0.378 e. The van der Waals surface area contributed by atoms with Crippen molar-refractivity contribution in [2.45, 2.75) is 11.7 Å². The number of carbonyl (C=O) groups is 2. The quantitative estimate of drug-likeness (QED) is 0.880. The van der Waals surface area contributed by atoms with Crippen LogP contribution in [0.1, 0.15) is 20.8 Å². The summed E-state index contributed by atoms with van der Waals surface area (Å²) in [6, 6.07) is 11.0. The summed E-state index contributed by atoms with van der Waals surface area (Å²) < 4.78 is 0. The summed E-state index contributed by atoms with van der Waals surface area (Å²) in [5.41, 5.74) is 7.13. The molecular weight excluding hydrogens is 304 g/mol. The fraction of sp³-hybridized carbons (Fsp3) is 0.133. The third kappa shape index (κ3) is 3.06. The van der Waals surface area contributed by atoms with E-state index in [-0.39, 0.29) is 16.9 Å². The van der Waals surface area contributed by atoms with Crippen molar-refractivity contribution in [3.63, 3.8) is 0 Å². The number of rotatable bonds is 4. The Balaban J connectivity index is 1.78. The predicted molar refractivity (Wildman–Crippen MR) is 85.9 cm³/mol. The third-order valence-electron chi connectivity index (χ3n) is 3.11. The maximum atomic E-state index is 12.3. The van der Waals surface area contributed by atoms with Crippen molar-refractivity contribution >= 4 is 40.0 Å². The van der Waals surface area contributed by atoms with Crippen LogP contribution in [0.3, 0.4) is 0 Å². The van der Waals surface area contributed by atoms with Gasteiger partial charge in [-0.05, 0) is 29.5 Å². The molecule has 4 nitrogen and oxygen atoms in total. The molecule has 0 radical (unpaired) electrons. The van der Waals surface area contributed by atoms with Crippen LogP contribution < -0.4 is 5.73 Å². The number of amidine groups is 1. The zero-order chi connectivity index (χ0) is 14.8. The summed E-state index contributed by atoms with van der Waals surface area (Å²) >= 11 is 2.70. The minimum atomic E-state index is -0.280. The van der Waals surface area contributed by atoms with E-state index in [0.717, 1.165) is 5.56 Å². The first-order valence-corrected chi connectivity index (χ1v) is 8.11. The van der Waals surface area contributed by atoms with Gasteiger partial charge in [0.05, 0.1) is 10.1 Å². The van der Waals surface area contributed by atoms with Crippen LogP contribution in [0.4, 0.5) is 0 Å². The molecule has 106 valence electrons. The summed E-state index contributed by atoms with van der Waals surface area (Å²) in [4.78, 5) is 28.4. The van der Waals surface area contributed by atoms with Crippen molar-refractivity contribution in [1.29, 1.82) is 0 Å². The van der Waals surface area contributed by atoms with Crippen LogP contribution in [0.25, 0.3) is 0 Å². The standard InChI is InChI=1S/C15H12N2O2S2/c16-15-17-14(19)12(21-15)8-9-3-1-4-10(7-9)13(18)11-5-2-6-20-11/h1-7,12H,8H2,(H2,16,17,19). The van der Waals surface area contributed by atoms with Crippen molar-refractivity contribution < 1.29 is 9.59 Å². The number of ketones is 1. The maximum Gasteiger partial charge on any atom is 0.261 e. The molecule has 1 aliphatic rings. The van der Waals surface area contributed by atoms with Gasteiger partial charge in [0.2, 0.25) is 5.78 Å². The number of nitrogens with zero attached hydrogens (tertiary/aromatic N) is 1. The van der Waals surface area contributed by atoms with Gasteiger partial charge in [0, 0.05) is 5.56 Å². The number of thiophene rings is 1. The molecule has 0 saturated heterocycles. The SMILES string of the molecule is NC1=NC(=O)C(Cc2cccc(C(=O)c3cccs3)c2)S1. The van der Waals surface area contributed by atoms with Gasteiger partial charge in [-0.15, -0.1) is 11.3 Å². The van der Waals surface area contributed by atoms with Gasteiger partial charge >= 0.3 is 0 Å². The third-order valence-corrected chi connectivity index (χ3v) is 4.97. The molecule has 0 saturated carbocycles. The molecule has 2 heterocycles. The van der Waals surface area contributed by atoms with Gasteiger partial charge < -0.3 is 5.73 Å². The lowest BCUT2D eigenvalue weighted by Gasteiger charge is -2.07. The van der Waals surface area contributed by atoms with Crippen LogP contribution >= 0.6 is 23.1 Å². The van der Waals surface area contributed by atoms with Gasteiger partial charge in [0.15, 0.2) is 5.17 Å². The highest BCUT2D eigenvalue weighted by atomic mass is 32.2. The molecule has 3 rings (SSSR count). The molecule has 1 atom stereocenters. The van der Waals surface area contributed by atoms with Crippen LogP contribution in [0, 0.1) is 0 Å². The van der Waals surface area contributed by atoms with E-state index in [2.05, 4.69) is 4.99 Å². The second kappa shape index (κ2) is 5.83. The lowest BCUT2D eigenvalue weighted by Crippen LogP contribution is -2.14. The van der Waals surface area contributed by atoms with E-state index in [4.69, 9.17) is 5.73 Å². The molecular formula is C15H12N2O2S2. The largest absolute Gasteiger partial charge is 0.378 e. The molecule has 0 fully saturated rings. The van der Waals surface area contributed by atoms with Crippen LogP contribution in [0.5, 0.6) is 0 Å². The first-order valence-electron chi connectivity index (χ1n) is 6.35. The van der Waals surface area contributed by atoms with E-state index in [1.807, 2.05) is 35.7 Å². The van der Waals surface area contributed by atoms with E-state index in [1.54, 1.807) is 6.07 Å². The Bertz CT molecular complexity index is 723. The number of aliphatic imine (C=N–C) groups is 1. The molecule has 0 spiro atoms. The van der Waals surface area contributed by atoms with E-state index < -0.39 is 0 Å². The average Bonchev–Trinajstić information content (AvgIpc) is 3.09. The summed E-state index contributed by atoms with van der Waals surface area (Å²) in [6.45, 7) is 0. The van der Waals surface area contributed by atoms with Gasteiger partial charge in [0.1, 0.15) is 0 Å². The monoisotopic (exact) mass is 316 g/mol. The molecule has 2 N–H and O–H groups in total. The Labute approximate surface area is 130 Å². The zero-order valence-electron chi connectivity index (χ0n) is 11.0.